The molecular weight excluding hydrogens is 337 g/mol. The molecule has 0 bridgehead atoms. The average molecular weight is 361 g/mol. The summed E-state index contributed by atoms with van der Waals surface area (Å²) < 4.78 is 13.3. The van der Waals surface area contributed by atoms with Crippen LogP contribution in [0.25, 0.3) is 10.9 Å². The van der Waals surface area contributed by atoms with Crippen LogP contribution in [-0.2, 0) is 11.3 Å². The zero-order valence-corrected chi connectivity index (χ0v) is 14.6. The molecule has 1 aromatic heterocycles. The van der Waals surface area contributed by atoms with Gasteiger partial charge in [-0.3, -0.25) is 14.5 Å². The molecule has 1 aliphatic rings. The second-order valence-electron chi connectivity index (χ2n) is 6.79. The normalized spacial score (nSPS) is 18.2. The predicted octanol–water partition coefficient (Wildman–Crippen LogP) is 1.38. The van der Waals surface area contributed by atoms with Crippen LogP contribution in [0.1, 0.15) is 25.0 Å². The zero-order valence-electron chi connectivity index (χ0n) is 14.6. The lowest BCUT2D eigenvalue weighted by Crippen LogP contribution is -2.43. The molecule has 0 aliphatic carbocycles. The fourth-order valence-electron chi connectivity index (χ4n) is 3.45. The number of carbonyl (C=O) groups excluding carboxylic acids is 1. The number of carbonyl (C=O) groups is 1. The minimum atomic E-state index is -0.429. The molecule has 140 valence electrons. The third kappa shape index (κ3) is 4.47. The largest absolute Gasteiger partial charge is 0.396 e. The van der Waals surface area contributed by atoms with E-state index in [1.54, 1.807) is 6.07 Å². The second-order valence-corrected chi connectivity index (χ2v) is 6.79. The number of fused-ring (bicyclic) bond motifs is 1. The number of H-pyrrole nitrogens is 1. The van der Waals surface area contributed by atoms with Crippen molar-refractivity contribution < 1.29 is 14.3 Å². The fraction of sp³-hybridized carbons (Fsp3) is 0.474. The van der Waals surface area contributed by atoms with Gasteiger partial charge in [0.1, 0.15) is 5.82 Å². The van der Waals surface area contributed by atoms with Crippen LogP contribution in [-0.4, -0.2) is 47.1 Å². The van der Waals surface area contributed by atoms with Gasteiger partial charge in [0.05, 0.1) is 5.92 Å². The van der Waals surface area contributed by atoms with Gasteiger partial charge in [-0.15, -0.1) is 0 Å². The minimum absolute atomic E-state index is 0.0191. The monoisotopic (exact) mass is 361 g/mol. The van der Waals surface area contributed by atoms with Gasteiger partial charge in [0.15, 0.2) is 5.43 Å². The summed E-state index contributed by atoms with van der Waals surface area (Å²) in [5.41, 5.74) is 1.17. The molecule has 3 N–H and O–H groups in total. The van der Waals surface area contributed by atoms with Gasteiger partial charge in [0.25, 0.3) is 0 Å². The number of aliphatic hydroxyl groups is 1. The number of aromatic amines is 1. The lowest BCUT2D eigenvalue weighted by molar-refractivity contribution is -0.126. The van der Waals surface area contributed by atoms with E-state index in [1.165, 1.54) is 18.2 Å². The SMILES string of the molecule is O=C(NCCCO)[C@@H]1CCCN(Cc2cc(=O)c3cc(F)ccc3[nH]2)C1. The number of pyridine rings is 1. The molecule has 1 amide bonds. The fourth-order valence-corrected chi connectivity index (χ4v) is 3.45. The van der Waals surface area contributed by atoms with Crippen LogP contribution in [0.15, 0.2) is 29.1 Å². The number of hydrogen-bond donors (Lipinski definition) is 3. The quantitative estimate of drug-likeness (QED) is 0.679. The number of likely N-dealkylation sites (tertiary alicyclic amines) is 1. The smallest absolute Gasteiger partial charge is 0.224 e. The maximum Gasteiger partial charge on any atom is 0.224 e. The number of rotatable bonds is 6. The highest BCUT2D eigenvalue weighted by Gasteiger charge is 2.25. The molecule has 1 fully saturated rings. The van der Waals surface area contributed by atoms with Gasteiger partial charge in [-0.1, -0.05) is 0 Å². The number of piperidine rings is 1. The van der Waals surface area contributed by atoms with Crippen LogP contribution in [0.4, 0.5) is 4.39 Å². The molecule has 1 aromatic carbocycles. The first-order chi connectivity index (χ1) is 12.6. The van der Waals surface area contributed by atoms with Crippen molar-refractivity contribution >= 4 is 16.8 Å². The average Bonchev–Trinajstić information content (AvgIpc) is 2.63. The summed E-state index contributed by atoms with van der Waals surface area (Å²) in [6.07, 6.45) is 2.32. The van der Waals surface area contributed by atoms with E-state index in [4.69, 9.17) is 5.11 Å². The molecule has 3 rings (SSSR count). The maximum absolute atomic E-state index is 13.3. The number of halogens is 1. The van der Waals surface area contributed by atoms with Gasteiger partial charge in [-0.25, -0.2) is 4.39 Å². The summed E-state index contributed by atoms with van der Waals surface area (Å²) in [5.74, 6) is -0.490. The van der Waals surface area contributed by atoms with Gasteiger partial charge in [-0.2, -0.15) is 0 Å². The summed E-state index contributed by atoms with van der Waals surface area (Å²) in [7, 11) is 0. The highest BCUT2D eigenvalue weighted by Crippen LogP contribution is 2.19. The van der Waals surface area contributed by atoms with Crippen LogP contribution in [0.2, 0.25) is 0 Å². The van der Waals surface area contributed by atoms with Gasteiger partial charge in [0.2, 0.25) is 5.91 Å². The summed E-state index contributed by atoms with van der Waals surface area (Å²) in [4.78, 5) is 29.8. The Labute approximate surface area is 151 Å². The molecule has 0 spiro atoms. The Morgan fingerprint density at radius 1 is 1.38 bits per heavy atom. The Morgan fingerprint density at radius 2 is 2.23 bits per heavy atom. The summed E-state index contributed by atoms with van der Waals surface area (Å²) in [6.45, 7) is 2.60. The van der Waals surface area contributed by atoms with E-state index in [0.717, 1.165) is 25.1 Å². The Kier molecular flexibility index (Phi) is 6.00. The first kappa shape index (κ1) is 18.5. The Balaban J connectivity index is 1.67. The van der Waals surface area contributed by atoms with Crippen molar-refractivity contribution in [2.75, 3.05) is 26.2 Å². The lowest BCUT2D eigenvalue weighted by atomic mass is 9.97. The van der Waals surface area contributed by atoms with E-state index in [0.29, 0.717) is 37.0 Å². The molecule has 0 radical (unpaired) electrons. The van der Waals surface area contributed by atoms with Crippen molar-refractivity contribution in [2.45, 2.75) is 25.8 Å². The van der Waals surface area contributed by atoms with Gasteiger partial charge >= 0.3 is 0 Å². The number of nitrogens with one attached hydrogen (secondary N) is 2. The molecule has 6 nitrogen and oxygen atoms in total. The number of amides is 1. The summed E-state index contributed by atoms with van der Waals surface area (Å²) >= 11 is 0. The van der Waals surface area contributed by atoms with E-state index in [-0.39, 0.29) is 23.9 Å². The van der Waals surface area contributed by atoms with Crippen LogP contribution in [0.5, 0.6) is 0 Å². The third-order valence-corrected chi connectivity index (χ3v) is 4.75. The van der Waals surface area contributed by atoms with Crippen LogP contribution < -0.4 is 10.7 Å². The molecule has 1 aliphatic heterocycles. The van der Waals surface area contributed by atoms with Gasteiger partial charge in [0, 0.05) is 48.9 Å². The van der Waals surface area contributed by atoms with E-state index in [2.05, 4.69) is 15.2 Å². The van der Waals surface area contributed by atoms with Crippen molar-refractivity contribution in [2.24, 2.45) is 5.92 Å². The van der Waals surface area contributed by atoms with Crippen LogP contribution in [0.3, 0.4) is 0 Å². The Hall–Kier alpha value is -2.25. The van der Waals surface area contributed by atoms with E-state index < -0.39 is 5.82 Å². The standard InChI is InChI=1S/C19H24FN3O3/c20-14-4-5-17-16(9-14)18(25)10-15(22-17)12-23-7-1-3-13(11-23)19(26)21-6-2-8-24/h4-5,9-10,13,24H,1-3,6-8,11-12H2,(H,21,26)(H,22,25)/t13-/m1/s1. The van der Waals surface area contributed by atoms with Crippen molar-refractivity contribution in [1.29, 1.82) is 0 Å². The third-order valence-electron chi connectivity index (χ3n) is 4.75. The lowest BCUT2D eigenvalue weighted by Gasteiger charge is -2.31. The highest BCUT2D eigenvalue weighted by atomic mass is 19.1. The molecule has 2 aromatic rings. The predicted molar refractivity (Wildman–Crippen MR) is 97.2 cm³/mol. The summed E-state index contributed by atoms with van der Waals surface area (Å²) in [5, 5.41) is 12.0. The molecule has 2 heterocycles. The van der Waals surface area contributed by atoms with Crippen molar-refractivity contribution in [3.63, 3.8) is 0 Å². The molecular formula is C19H24FN3O3. The van der Waals surface area contributed by atoms with Crippen LogP contribution >= 0.6 is 0 Å². The van der Waals surface area contributed by atoms with Crippen LogP contribution in [0, 0.1) is 11.7 Å². The van der Waals surface area contributed by atoms with Crippen molar-refractivity contribution in [3.8, 4) is 0 Å². The topological polar surface area (TPSA) is 85.4 Å². The number of benzene rings is 1. The Morgan fingerprint density at radius 3 is 3.04 bits per heavy atom. The number of aliphatic hydroxyl groups excluding tert-OH is 1. The Bertz CT molecular complexity index is 836. The molecule has 7 heteroatoms. The first-order valence-corrected chi connectivity index (χ1v) is 8.99. The molecule has 26 heavy (non-hydrogen) atoms. The number of aromatic nitrogens is 1. The zero-order chi connectivity index (χ0) is 18.5. The second kappa shape index (κ2) is 8.42. The molecule has 1 atom stereocenters. The van der Waals surface area contributed by atoms with E-state index in [9.17, 15) is 14.0 Å². The maximum atomic E-state index is 13.3. The first-order valence-electron chi connectivity index (χ1n) is 8.99. The number of hydrogen-bond acceptors (Lipinski definition) is 4. The summed E-state index contributed by atoms with van der Waals surface area (Å²) in [6, 6.07) is 5.65. The molecule has 1 saturated heterocycles. The van der Waals surface area contributed by atoms with E-state index in [1.807, 2.05) is 0 Å². The van der Waals surface area contributed by atoms with Gasteiger partial charge in [-0.05, 0) is 44.0 Å². The van der Waals surface area contributed by atoms with Crippen molar-refractivity contribution in [1.82, 2.24) is 15.2 Å². The highest BCUT2D eigenvalue weighted by molar-refractivity contribution is 5.79. The minimum Gasteiger partial charge on any atom is -0.396 e. The van der Waals surface area contributed by atoms with E-state index >= 15 is 0 Å². The molecule has 0 unspecified atom stereocenters. The van der Waals surface area contributed by atoms with Gasteiger partial charge < -0.3 is 15.4 Å². The number of nitrogens with zero attached hydrogens (tertiary/aromatic N) is 1. The van der Waals surface area contributed by atoms with Crippen molar-refractivity contribution in [3.05, 3.63) is 46.0 Å². The molecule has 0 saturated carbocycles.